The first kappa shape index (κ1) is 16.2. The van der Waals surface area contributed by atoms with E-state index >= 15 is 0 Å². The maximum Gasteiger partial charge on any atom is 0.253 e. The lowest BCUT2D eigenvalue weighted by Crippen LogP contribution is -2.42. The number of benzene rings is 1. The van der Waals surface area contributed by atoms with E-state index in [9.17, 15) is 9.59 Å². The molecule has 1 atom stereocenters. The SMILES string of the molecule is CC(C)C(=O)NC1CC12CCN(C(=O)c1ccc3[nH]ccc3c1)CC2. The molecule has 4 rings (SSSR count). The molecule has 1 aliphatic carbocycles. The number of carbonyl (C=O) groups is 2. The van der Waals surface area contributed by atoms with Gasteiger partial charge >= 0.3 is 0 Å². The predicted octanol–water partition coefficient (Wildman–Crippen LogP) is 2.93. The van der Waals surface area contributed by atoms with Gasteiger partial charge in [-0.3, -0.25) is 9.59 Å². The Labute approximate surface area is 147 Å². The van der Waals surface area contributed by atoms with Crippen LogP contribution in [0.2, 0.25) is 0 Å². The zero-order valence-corrected chi connectivity index (χ0v) is 14.8. The van der Waals surface area contributed by atoms with Crippen LogP contribution in [-0.2, 0) is 4.79 Å². The molecule has 1 aromatic heterocycles. The van der Waals surface area contributed by atoms with Crippen molar-refractivity contribution >= 4 is 22.7 Å². The molecule has 25 heavy (non-hydrogen) atoms. The number of carbonyl (C=O) groups excluding carboxylic acids is 2. The number of hydrogen-bond acceptors (Lipinski definition) is 2. The topological polar surface area (TPSA) is 65.2 Å². The average molecular weight is 339 g/mol. The Morgan fingerprint density at radius 1 is 1.24 bits per heavy atom. The molecule has 1 aliphatic heterocycles. The molecule has 2 heterocycles. The average Bonchev–Trinajstić information content (AvgIpc) is 3.05. The Morgan fingerprint density at radius 2 is 2.00 bits per heavy atom. The molecule has 132 valence electrons. The fourth-order valence-electron chi connectivity index (χ4n) is 3.97. The van der Waals surface area contributed by atoms with E-state index in [-0.39, 0.29) is 23.1 Å². The van der Waals surface area contributed by atoms with Crippen molar-refractivity contribution in [3.8, 4) is 0 Å². The highest BCUT2D eigenvalue weighted by molar-refractivity contribution is 5.98. The van der Waals surface area contributed by atoms with E-state index in [1.165, 1.54) is 0 Å². The molecule has 1 spiro atoms. The molecular formula is C20H25N3O2. The number of H-pyrrole nitrogens is 1. The molecule has 5 heteroatoms. The molecule has 1 saturated heterocycles. The molecule has 1 unspecified atom stereocenters. The molecule has 0 bridgehead atoms. The molecule has 2 amide bonds. The number of aromatic nitrogens is 1. The number of hydrogen-bond donors (Lipinski definition) is 2. The third-order valence-electron chi connectivity index (χ3n) is 5.88. The van der Waals surface area contributed by atoms with Crippen LogP contribution in [0.1, 0.15) is 43.5 Å². The van der Waals surface area contributed by atoms with E-state index in [1.807, 2.05) is 49.2 Å². The second-order valence-electron chi connectivity index (χ2n) is 7.85. The lowest BCUT2D eigenvalue weighted by atomic mass is 9.92. The monoisotopic (exact) mass is 339 g/mol. The summed E-state index contributed by atoms with van der Waals surface area (Å²) in [5.41, 5.74) is 2.03. The molecular weight excluding hydrogens is 314 g/mol. The quantitative estimate of drug-likeness (QED) is 0.903. The number of rotatable bonds is 3. The third kappa shape index (κ3) is 2.92. The van der Waals surface area contributed by atoms with Crippen molar-refractivity contribution in [1.29, 1.82) is 0 Å². The zero-order valence-electron chi connectivity index (χ0n) is 14.8. The molecule has 0 radical (unpaired) electrons. The Morgan fingerprint density at radius 3 is 2.72 bits per heavy atom. The van der Waals surface area contributed by atoms with Gasteiger partial charge in [0.2, 0.25) is 5.91 Å². The van der Waals surface area contributed by atoms with Crippen LogP contribution in [0.25, 0.3) is 10.9 Å². The van der Waals surface area contributed by atoms with Crippen LogP contribution >= 0.6 is 0 Å². The fraction of sp³-hybridized carbons (Fsp3) is 0.500. The summed E-state index contributed by atoms with van der Waals surface area (Å²) in [6.45, 7) is 5.40. The van der Waals surface area contributed by atoms with Crippen molar-refractivity contribution in [2.24, 2.45) is 11.3 Å². The zero-order chi connectivity index (χ0) is 17.6. The van der Waals surface area contributed by atoms with Crippen molar-refractivity contribution in [3.05, 3.63) is 36.0 Å². The number of fused-ring (bicyclic) bond motifs is 1. The summed E-state index contributed by atoms with van der Waals surface area (Å²) in [6.07, 6.45) is 4.91. The minimum atomic E-state index is 0.0302. The van der Waals surface area contributed by atoms with E-state index in [2.05, 4.69) is 10.3 Å². The van der Waals surface area contributed by atoms with Gasteiger partial charge in [-0.2, -0.15) is 0 Å². The number of amides is 2. The second kappa shape index (κ2) is 5.90. The molecule has 5 nitrogen and oxygen atoms in total. The van der Waals surface area contributed by atoms with Gasteiger partial charge in [0.25, 0.3) is 5.91 Å². The van der Waals surface area contributed by atoms with Crippen LogP contribution < -0.4 is 5.32 Å². The Bertz CT molecular complexity index is 815. The highest BCUT2D eigenvalue weighted by Crippen LogP contribution is 2.54. The van der Waals surface area contributed by atoms with Gasteiger partial charge in [0.05, 0.1) is 0 Å². The Kier molecular flexibility index (Phi) is 3.82. The van der Waals surface area contributed by atoms with Gasteiger partial charge in [-0.25, -0.2) is 0 Å². The Balaban J connectivity index is 1.37. The van der Waals surface area contributed by atoms with E-state index < -0.39 is 0 Å². The van der Waals surface area contributed by atoms with Gasteiger partial charge in [-0.15, -0.1) is 0 Å². The normalized spacial score (nSPS) is 21.7. The van der Waals surface area contributed by atoms with Crippen LogP contribution in [0.15, 0.2) is 30.5 Å². The third-order valence-corrected chi connectivity index (χ3v) is 5.88. The van der Waals surface area contributed by atoms with Gasteiger partial charge < -0.3 is 15.2 Å². The highest BCUT2D eigenvalue weighted by atomic mass is 16.2. The summed E-state index contributed by atoms with van der Waals surface area (Å²) in [5, 5.41) is 4.23. The number of nitrogens with zero attached hydrogens (tertiary/aromatic N) is 1. The highest BCUT2D eigenvalue weighted by Gasteiger charge is 2.55. The number of nitrogens with one attached hydrogen (secondary N) is 2. The van der Waals surface area contributed by atoms with Gasteiger partial charge in [0.1, 0.15) is 0 Å². The van der Waals surface area contributed by atoms with E-state index in [0.29, 0.717) is 6.04 Å². The molecule has 1 aromatic carbocycles. The van der Waals surface area contributed by atoms with Crippen LogP contribution in [0.3, 0.4) is 0 Å². The van der Waals surface area contributed by atoms with E-state index in [0.717, 1.165) is 48.8 Å². The summed E-state index contributed by atoms with van der Waals surface area (Å²) in [5.74, 6) is 0.282. The molecule has 1 saturated carbocycles. The van der Waals surface area contributed by atoms with E-state index in [4.69, 9.17) is 0 Å². The fourth-order valence-corrected chi connectivity index (χ4v) is 3.97. The number of piperidine rings is 1. The predicted molar refractivity (Wildman–Crippen MR) is 97.3 cm³/mol. The minimum absolute atomic E-state index is 0.0302. The second-order valence-corrected chi connectivity index (χ2v) is 7.85. The van der Waals surface area contributed by atoms with Crippen LogP contribution in [0, 0.1) is 11.3 Å². The molecule has 2 aliphatic rings. The van der Waals surface area contributed by atoms with E-state index in [1.54, 1.807) is 0 Å². The first-order chi connectivity index (χ1) is 12.0. The Hall–Kier alpha value is -2.30. The van der Waals surface area contributed by atoms with Gasteiger partial charge in [0, 0.05) is 47.7 Å². The lowest BCUT2D eigenvalue weighted by molar-refractivity contribution is -0.124. The maximum absolute atomic E-state index is 12.8. The largest absolute Gasteiger partial charge is 0.361 e. The first-order valence-electron chi connectivity index (χ1n) is 9.15. The summed E-state index contributed by atoms with van der Waals surface area (Å²) >= 11 is 0. The van der Waals surface area contributed by atoms with Crippen molar-refractivity contribution in [1.82, 2.24) is 15.2 Å². The standard InChI is InChI=1S/C20H25N3O2/c1-13(2)18(24)22-17-12-20(17)6-9-23(10-7-20)19(25)15-3-4-16-14(11-15)5-8-21-16/h3-5,8,11,13,17,21H,6-7,9-10,12H2,1-2H3,(H,22,24). The van der Waals surface area contributed by atoms with Crippen molar-refractivity contribution in [3.63, 3.8) is 0 Å². The summed E-state index contributed by atoms with van der Waals surface area (Å²) < 4.78 is 0. The molecule has 2 N–H and O–H groups in total. The summed E-state index contributed by atoms with van der Waals surface area (Å²) in [7, 11) is 0. The van der Waals surface area contributed by atoms with Gasteiger partial charge in [0.15, 0.2) is 0 Å². The van der Waals surface area contributed by atoms with Gasteiger partial charge in [-0.1, -0.05) is 13.8 Å². The van der Waals surface area contributed by atoms with Crippen LogP contribution in [-0.4, -0.2) is 40.8 Å². The number of likely N-dealkylation sites (tertiary alicyclic amines) is 1. The lowest BCUT2D eigenvalue weighted by Gasteiger charge is -2.33. The minimum Gasteiger partial charge on any atom is -0.361 e. The van der Waals surface area contributed by atoms with Crippen LogP contribution in [0.4, 0.5) is 0 Å². The van der Waals surface area contributed by atoms with Crippen LogP contribution in [0.5, 0.6) is 0 Å². The van der Waals surface area contributed by atoms with Crippen molar-refractivity contribution in [2.75, 3.05) is 13.1 Å². The maximum atomic E-state index is 12.8. The molecule has 2 fully saturated rings. The summed E-state index contributed by atoms with van der Waals surface area (Å²) in [6, 6.07) is 8.11. The smallest absolute Gasteiger partial charge is 0.253 e. The van der Waals surface area contributed by atoms with Gasteiger partial charge in [-0.05, 0) is 48.9 Å². The van der Waals surface area contributed by atoms with Crippen molar-refractivity contribution in [2.45, 2.75) is 39.2 Å². The first-order valence-corrected chi connectivity index (χ1v) is 9.15. The van der Waals surface area contributed by atoms with Crippen molar-refractivity contribution < 1.29 is 9.59 Å². The molecule has 2 aromatic rings. The summed E-state index contributed by atoms with van der Waals surface area (Å²) in [4.78, 5) is 29.8. The number of aromatic amines is 1.